The lowest BCUT2D eigenvalue weighted by molar-refractivity contribution is -0.138. The average molecular weight is 254 g/mol. The van der Waals surface area contributed by atoms with E-state index < -0.39 is 24.0 Å². The second kappa shape index (κ2) is 8.08. The van der Waals surface area contributed by atoms with Gasteiger partial charge in [0.15, 0.2) is 0 Å². The van der Waals surface area contributed by atoms with Crippen LogP contribution >= 0.6 is 0 Å². The first-order chi connectivity index (χ1) is 8.34. The van der Waals surface area contributed by atoms with Crippen LogP contribution in [0.25, 0.3) is 0 Å². The maximum atomic E-state index is 10.4. The molecular weight excluding hydrogens is 236 g/mol. The lowest BCUT2D eigenvalue weighted by Crippen LogP contribution is -2.25. The number of carbonyl (C=O) groups is 2. The highest BCUT2D eigenvalue weighted by Gasteiger charge is 2.08. The molecule has 100 valence electrons. The summed E-state index contributed by atoms with van der Waals surface area (Å²) in [5.74, 6) is -1.81. The Kier molecular flexibility index (Phi) is 7.14. The molecule has 18 heavy (non-hydrogen) atoms. The molecular formula is C12H18N2O4. The predicted molar refractivity (Wildman–Crippen MR) is 68.4 cm³/mol. The smallest absolute Gasteiger partial charge is 0.325 e. The van der Waals surface area contributed by atoms with Gasteiger partial charge in [0.1, 0.15) is 12.1 Å². The molecule has 1 aromatic carbocycles. The van der Waals surface area contributed by atoms with Gasteiger partial charge >= 0.3 is 11.9 Å². The van der Waals surface area contributed by atoms with Gasteiger partial charge in [-0.3, -0.25) is 9.59 Å². The van der Waals surface area contributed by atoms with Gasteiger partial charge in [-0.15, -0.1) is 0 Å². The fraction of sp³-hybridized carbons (Fsp3) is 0.333. The Labute approximate surface area is 105 Å². The standard InChI is InChI=1S/C9H11NO2.C3H7NO2/c1-7(9(11)12)10-8-5-3-2-4-6-8;1-2(4)3(5)6/h2-7,10H,1H3,(H,11,12);2H,4H2,1H3,(H,5,6)/t7-;2-/m00/s1. The second-order valence-electron chi connectivity index (χ2n) is 3.70. The van der Waals surface area contributed by atoms with Crippen LogP contribution in [0.15, 0.2) is 30.3 Å². The number of hydrogen-bond acceptors (Lipinski definition) is 4. The van der Waals surface area contributed by atoms with Crippen LogP contribution in [0.1, 0.15) is 13.8 Å². The van der Waals surface area contributed by atoms with E-state index in [0.29, 0.717) is 0 Å². The highest BCUT2D eigenvalue weighted by Crippen LogP contribution is 2.06. The molecule has 1 rings (SSSR count). The lowest BCUT2D eigenvalue weighted by atomic mass is 10.3. The van der Waals surface area contributed by atoms with Crippen molar-refractivity contribution in [2.75, 3.05) is 5.32 Å². The summed E-state index contributed by atoms with van der Waals surface area (Å²) in [6, 6.07) is 7.99. The summed E-state index contributed by atoms with van der Waals surface area (Å²) in [5.41, 5.74) is 5.66. The first-order valence-corrected chi connectivity index (χ1v) is 5.37. The molecule has 0 amide bonds. The zero-order valence-electron chi connectivity index (χ0n) is 10.3. The van der Waals surface area contributed by atoms with Gasteiger partial charge in [0.25, 0.3) is 0 Å². The van der Waals surface area contributed by atoms with Gasteiger partial charge in [0.2, 0.25) is 0 Å². The SMILES string of the molecule is C[C@H](N)C(=O)O.C[C@H](Nc1ccccc1)C(=O)O. The summed E-state index contributed by atoms with van der Waals surface area (Å²) < 4.78 is 0. The van der Waals surface area contributed by atoms with Gasteiger partial charge in [-0.2, -0.15) is 0 Å². The summed E-state index contributed by atoms with van der Waals surface area (Å²) in [6.45, 7) is 3.03. The third kappa shape index (κ3) is 7.24. The predicted octanol–water partition coefficient (Wildman–Crippen LogP) is 0.990. The van der Waals surface area contributed by atoms with Crippen molar-refractivity contribution in [1.29, 1.82) is 0 Å². The molecule has 6 heteroatoms. The third-order valence-corrected chi connectivity index (χ3v) is 1.92. The monoisotopic (exact) mass is 254 g/mol. The summed E-state index contributed by atoms with van der Waals surface area (Å²) in [6.07, 6.45) is 0. The number of rotatable bonds is 4. The highest BCUT2D eigenvalue weighted by molar-refractivity contribution is 5.76. The summed E-state index contributed by atoms with van der Waals surface area (Å²) >= 11 is 0. The molecule has 0 unspecified atom stereocenters. The fourth-order valence-corrected chi connectivity index (χ4v) is 0.846. The number of hydrogen-bond donors (Lipinski definition) is 4. The van der Waals surface area contributed by atoms with E-state index in [4.69, 9.17) is 15.9 Å². The van der Waals surface area contributed by atoms with Crippen molar-refractivity contribution < 1.29 is 19.8 Å². The minimum atomic E-state index is -0.963. The zero-order valence-corrected chi connectivity index (χ0v) is 10.3. The van der Waals surface area contributed by atoms with Crippen molar-refractivity contribution in [2.24, 2.45) is 5.73 Å². The van der Waals surface area contributed by atoms with E-state index in [2.05, 4.69) is 5.32 Å². The minimum Gasteiger partial charge on any atom is -0.480 e. The zero-order chi connectivity index (χ0) is 14.1. The first kappa shape index (κ1) is 15.9. The Bertz CT molecular complexity index is 379. The number of nitrogens with one attached hydrogen (secondary N) is 1. The van der Waals surface area contributed by atoms with Gasteiger partial charge in [0.05, 0.1) is 0 Å². The minimum absolute atomic E-state index is 0.549. The Hall–Kier alpha value is -2.08. The Balaban J connectivity index is 0.000000411. The van der Waals surface area contributed by atoms with Gasteiger partial charge in [-0.1, -0.05) is 18.2 Å². The van der Waals surface area contributed by atoms with E-state index >= 15 is 0 Å². The molecule has 0 bridgehead atoms. The molecule has 0 heterocycles. The Morgan fingerprint density at radius 2 is 1.56 bits per heavy atom. The number of nitrogens with two attached hydrogens (primary N) is 1. The number of carboxylic acids is 2. The van der Waals surface area contributed by atoms with E-state index in [9.17, 15) is 9.59 Å². The Morgan fingerprint density at radius 1 is 1.11 bits per heavy atom. The topological polar surface area (TPSA) is 113 Å². The number of para-hydroxylation sites is 1. The molecule has 6 nitrogen and oxygen atoms in total. The van der Waals surface area contributed by atoms with Crippen molar-refractivity contribution in [3.63, 3.8) is 0 Å². The molecule has 1 aromatic rings. The quantitative estimate of drug-likeness (QED) is 0.637. The van der Waals surface area contributed by atoms with Gasteiger partial charge < -0.3 is 21.3 Å². The van der Waals surface area contributed by atoms with Crippen molar-refractivity contribution in [3.8, 4) is 0 Å². The second-order valence-corrected chi connectivity index (χ2v) is 3.70. The maximum Gasteiger partial charge on any atom is 0.325 e. The van der Waals surface area contributed by atoms with Gasteiger partial charge in [0, 0.05) is 5.69 Å². The molecule has 0 aliphatic heterocycles. The fourth-order valence-electron chi connectivity index (χ4n) is 0.846. The summed E-state index contributed by atoms with van der Waals surface area (Å²) in [7, 11) is 0. The molecule has 2 atom stereocenters. The van der Waals surface area contributed by atoms with E-state index in [1.165, 1.54) is 6.92 Å². The third-order valence-electron chi connectivity index (χ3n) is 1.92. The van der Waals surface area contributed by atoms with E-state index in [1.54, 1.807) is 6.92 Å². The van der Waals surface area contributed by atoms with Crippen LogP contribution in [-0.4, -0.2) is 34.2 Å². The molecule has 0 fully saturated rings. The molecule has 0 saturated heterocycles. The van der Waals surface area contributed by atoms with E-state index in [0.717, 1.165) is 5.69 Å². The highest BCUT2D eigenvalue weighted by atomic mass is 16.4. The van der Waals surface area contributed by atoms with Crippen molar-refractivity contribution in [1.82, 2.24) is 0 Å². The number of carboxylic acid groups (broad SMARTS) is 2. The molecule has 0 spiro atoms. The molecule has 0 radical (unpaired) electrons. The van der Waals surface area contributed by atoms with Gasteiger partial charge in [-0.25, -0.2) is 0 Å². The average Bonchev–Trinajstić information content (AvgIpc) is 2.30. The molecule has 0 aliphatic carbocycles. The maximum absolute atomic E-state index is 10.4. The molecule has 0 saturated carbocycles. The van der Waals surface area contributed by atoms with Crippen molar-refractivity contribution in [3.05, 3.63) is 30.3 Å². The lowest BCUT2D eigenvalue weighted by Gasteiger charge is -2.09. The largest absolute Gasteiger partial charge is 0.480 e. The molecule has 0 aliphatic rings. The van der Waals surface area contributed by atoms with Crippen LogP contribution in [0.4, 0.5) is 5.69 Å². The van der Waals surface area contributed by atoms with Crippen LogP contribution in [0.2, 0.25) is 0 Å². The van der Waals surface area contributed by atoms with Crippen molar-refractivity contribution in [2.45, 2.75) is 25.9 Å². The summed E-state index contributed by atoms with van der Waals surface area (Å²) in [4.78, 5) is 20.0. The van der Waals surface area contributed by atoms with Crippen LogP contribution < -0.4 is 11.1 Å². The number of anilines is 1. The van der Waals surface area contributed by atoms with Crippen LogP contribution in [0, 0.1) is 0 Å². The van der Waals surface area contributed by atoms with Crippen LogP contribution in [0.3, 0.4) is 0 Å². The normalized spacial score (nSPS) is 12.6. The first-order valence-electron chi connectivity index (χ1n) is 5.37. The van der Waals surface area contributed by atoms with E-state index in [1.807, 2.05) is 30.3 Å². The number of aliphatic carboxylic acids is 2. The molecule has 0 aromatic heterocycles. The summed E-state index contributed by atoms with van der Waals surface area (Å²) in [5, 5.41) is 19.3. The van der Waals surface area contributed by atoms with E-state index in [-0.39, 0.29) is 0 Å². The Morgan fingerprint density at radius 3 is 1.89 bits per heavy atom. The number of benzene rings is 1. The molecule has 5 N–H and O–H groups in total. The van der Waals surface area contributed by atoms with Crippen LogP contribution in [-0.2, 0) is 9.59 Å². The van der Waals surface area contributed by atoms with Crippen LogP contribution in [0.5, 0.6) is 0 Å². The van der Waals surface area contributed by atoms with Gasteiger partial charge in [-0.05, 0) is 26.0 Å². The van der Waals surface area contributed by atoms with Crippen molar-refractivity contribution >= 4 is 17.6 Å².